The van der Waals surface area contributed by atoms with Crippen LogP contribution >= 0.6 is 0 Å². The van der Waals surface area contributed by atoms with E-state index in [0.29, 0.717) is 0 Å². The van der Waals surface area contributed by atoms with E-state index < -0.39 is 24.4 Å². The Labute approximate surface area is 122 Å². The molecule has 0 saturated carbocycles. The lowest BCUT2D eigenvalue weighted by Gasteiger charge is -2.32. The van der Waals surface area contributed by atoms with Crippen LogP contribution in [0.5, 0.6) is 5.75 Å². The Kier molecular flexibility index (Phi) is 5.08. The highest BCUT2D eigenvalue weighted by Crippen LogP contribution is 2.22. The molecule has 1 unspecified atom stereocenters. The molecule has 0 bridgehead atoms. The van der Waals surface area contributed by atoms with Crippen LogP contribution in [0.4, 0.5) is 0 Å². The molecular weight excluding hydrogens is 274 g/mol. The highest BCUT2D eigenvalue weighted by atomic mass is 16.5. The van der Waals surface area contributed by atoms with Crippen molar-refractivity contribution < 1.29 is 25.2 Å². The molecule has 1 aromatic carbocycles. The van der Waals surface area contributed by atoms with Gasteiger partial charge < -0.3 is 25.2 Å². The fourth-order valence-electron chi connectivity index (χ4n) is 2.16. The summed E-state index contributed by atoms with van der Waals surface area (Å²) in [7, 11) is 1.58. The molecule has 2 rings (SSSR count). The van der Waals surface area contributed by atoms with E-state index in [0.717, 1.165) is 11.3 Å². The number of aliphatic imine (C=N–C) groups is 1. The Morgan fingerprint density at radius 3 is 2.38 bits per heavy atom. The molecule has 114 valence electrons. The first-order valence-corrected chi connectivity index (χ1v) is 6.59. The number of rotatable bonds is 4. The van der Waals surface area contributed by atoms with Gasteiger partial charge in [-0.1, -0.05) is 6.08 Å². The van der Waals surface area contributed by atoms with Gasteiger partial charge in [0.05, 0.1) is 19.8 Å². The van der Waals surface area contributed by atoms with Gasteiger partial charge in [0.1, 0.15) is 24.1 Å². The summed E-state index contributed by atoms with van der Waals surface area (Å²) in [6.45, 7) is -0.389. The third-order valence-corrected chi connectivity index (χ3v) is 3.48. The number of ether oxygens (including phenoxy) is 1. The molecule has 4 atom stereocenters. The molecular formula is C15H19NO5. The van der Waals surface area contributed by atoms with Gasteiger partial charge in [0.25, 0.3) is 0 Å². The predicted molar refractivity (Wildman–Crippen MR) is 77.6 cm³/mol. The van der Waals surface area contributed by atoms with Crippen LogP contribution in [0.15, 0.2) is 40.9 Å². The van der Waals surface area contributed by atoms with E-state index in [1.54, 1.807) is 37.6 Å². The van der Waals surface area contributed by atoms with Crippen molar-refractivity contribution >= 4 is 6.21 Å². The van der Waals surface area contributed by atoms with Crippen LogP contribution in [0.2, 0.25) is 0 Å². The number of aliphatic hydroxyl groups excluding tert-OH is 4. The van der Waals surface area contributed by atoms with Crippen molar-refractivity contribution in [3.63, 3.8) is 0 Å². The lowest BCUT2D eigenvalue weighted by atomic mass is 9.88. The molecule has 0 heterocycles. The normalized spacial score (nSPS) is 29.5. The second-order valence-electron chi connectivity index (χ2n) is 4.87. The summed E-state index contributed by atoms with van der Waals surface area (Å²) in [5.74, 6) is 0.728. The van der Waals surface area contributed by atoms with Gasteiger partial charge in [-0.25, -0.2) is 0 Å². The summed E-state index contributed by atoms with van der Waals surface area (Å²) in [6.07, 6.45) is -0.817. The highest BCUT2D eigenvalue weighted by Gasteiger charge is 2.36. The summed E-state index contributed by atoms with van der Waals surface area (Å²) in [5, 5.41) is 38.5. The first-order valence-electron chi connectivity index (χ1n) is 6.59. The molecule has 0 fully saturated rings. The Bertz CT molecular complexity index is 525. The van der Waals surface area contributed by atoms with Gasteiger partial charge in [0.15, 0.2) is 0 Å². The maximum absolute atomic E-state index is 9.91. The largest absolute Gasteiger partial charge is 0.497 e. The fourth-order valence-corrected chi connectivity index (χ4v) is 2.16. The Balaban J connectivity index is 2.16. The number of methoxy groups -OCH3 is 1. The van der Waals surface area contributed by atoms with E-state index in [1.807, 2.05) is 0 Å². The zero-order chi connectivity index (χ0) is 15.4. The van der Waals surface area contributed by atoms with Crippen molar-refractivity contribution in [2.75, 3.05) is 13.7 Å². The standard InChI is InChI=1S/C15H19NO5/c1-21-11-4-2-9(3-5-11)7-16-12-6-10(8-17)13(18)15(20)14(12)19/h2-7,12-15,17-20H,8H2,1H3/b16-7+/t12-,13+,14-,15?/m0/s1. The summed E-state index contributed by atoms with van der Waals surface area (Å²) >= 11 is 0. The minimum atomic E-state index is -1.37. The Morgan fingerprint density at radius 2 is 1.81 bits per heavy atom. The van der Waals surface area contributed by atoms with Crippen LogP contribution in [0.25, 0.3) is 0 Å². The molecule has 4 N–H and O–H groups in total. The molecule has 0 aliphatic heterocycles. The molecule has 0 saturated heterocycles. The number of aliphatic hydroxyl groups is 4. The lowest BCUT2D eigenvalue weighted by Crippen LogP contribution is -2.48. The number of hydrogen-bond donors (Lipinski definition) is 4. The third-order valence-electron chi connectivity index (χ3n) is 3.48. The van der Waals surface area contributed by atoms with Crippen molar-refractivity contribution in [1.82, 2.24) is 0 Å². The maximum Gasteiger partial charge on any atom is 0.118 e. The zero-order valence-corrected chi connectivity index (χ0v) is 11.6. The van der Waals surface area contributed by atoms with Crippen LogP contribution in [0, 0.1) is 0 Å². The first-order chi connectivity index (χ1) is 10.1. The van der Waals surface area contributed by atoms with Crippen molar-refractivity contribution in [3.05, 3.63) is 41.5 Å². The van der Waals surface area contributed by atoms with Crippen LogP contribution < -0.4 is 4.74 Å². The summed E-state index contributed by atoms with van der Waals surface area (Å²) in [5.41, 5.74) is 1.06. The number of benzene rings is 1. The maximum atomic E-state index is 9.91. The molecule has 1 aliphatic carbocycles. The van der Waals surface area contributed by atoms with Crippen molar-refractivity contribution in [2.24, 2.45) is 4.99 Å². The minimum absolute atomic E-state index is 0.254. The van der Waals surface area contributed by atoms with Crippen LogP contribution in [0.1, 0.15) is 5.56 Å². The van der Waals surface area contributed by atoms with Gasteiger partial charge in [0, 0.05) is 6.21 Å². The molecule has 0 amide bonds. The predicted octanol–water partition coefficient (Wildman–Crippen LogP) is -0.502. The smallest absolute Gasteiger partial charge is 0.118 e. The first kappa shape index (κ1) is 15.7. The topological polar surface area (TPSA) is 103 Å². The molecule has 0 aromatic heterocycles. The Hall–Kier alpha value is -1.73. The van der Waals surface area contributed by atoms with Gasteiger partial charge in [-0.2, -0.15) is 0 Å². The van der Waals surface area contributed by atoms with E-state index in [9.17, 15) is 15.3 Å². The van der Waals surface area contributed by atoms with Crippen molar-refractivity contribution in [2.45, 2.75) is 24.4 Å². The van der Waals surface area contributed by atoms with E-state index in [4.69, 9.17) is 9.84 Å². The molecule has 1 aromatic rings. The van der Waals surface area contributed by atoms with Gasteiger partial charge in [-0.15, -0.1) is 0 Å². The SMILES string of the molecule is COc1ccc(/C=N/[C@H]2C=C(CO)[C@@H](O)C(O)[C@H]2O)cc1. The van der Waals surface area contributed by atoms with Gasteiger partial charge >= 0.3 is 0 Å². The van der Waals surface area contributed by atoms with Crippen LogP contribution in [-0.4, -0.2) is 64.7 Å². The lowest BCUT2D eigenvalue weighted by molar-refractivity contribution is -0.0592. The highest BCUT2D eigenvalue weighted by molar-refractivity contribution is 5.80. The molecule has 0 radical (unpaired) electrons. The summed E-state index contributed by atoms with van der Waals surface area (Å²) in [6, 6.07) is 6.46. The Morgan fingerprint density at radius 1 is 1.14 bits per heavy atom. The van der Waals surface area contributed by atoms with E-state index >= 15 is 0 Å². The molecule has 21 heavy (non-hydrogen) atoms. The van der Waals surface area contributed by atoms with Crippen LogP contribution in [-0.2, 0) is 0 Å². The van der Waals surface area contributed by atoms with Crippen LogP contribution in [0.3, 0.4) is 0 Å². The summed E-state index contributed by atoms with van der Waals surface area (Å²) < 4.78 is 5.05. The van der Waals surface area contributed by atoms with Gasteiger partial charge in [-0.3, -0.25) is 4.99 Å². The van der Waals surface area contributed by atoms with Crippen molar-refractivity contribution in [3.8, 4) is 5.75 Å². The fraction of sp³-hybridized carbons (Fsp3) is 0.400. The summed E-state index contributed by atoms with van der Waals surface area (Å²) in [4.78, 5) is 4.20. The number of nitrogens with zero attached hydrogens (tertiary/aromatic N) is 1. The molecule has 6 heteroatoms. The minimum Gasteiger partial charge on any atom is -0.497 e. The number of hydrogen-bond acceptors (Lipinski definition) is 6. The third kappa shape index (κ3) is 3.48. The van der Waals surface area contributed by atoms with Gasteiger partial charge in [-0.05, 0) is 35.4 Å². The van der Waals surface area contributed by atoms with E-state index in [1.165, 1.54) is 6.08 Å². The zero-order valence-electron chi connectivity index (χ0n) is 11.6. The monoisotopic (exact) mass is 293 g/mol. The second-order valence-corrected chi connectivity index (χ2v) is 4.87. The second kappa shape index (κ2) is 6.82. The quantitative estimate of drug-likeness (QED) is 0.443. The van der Waals surface area contributed by atoms with Gasteiger partial charge in [0.2, 0.25) is 0 Å². The van der Waals surface area contributed by atoms with Crippen molar-refractivity contribution in [1.29, 1.82) is 0 Å². The average Bonchev–Trinajstić information content (AvgIpc) is 2.52. The molecule has 1 aliphatic rings. The molecule has 0 spiro atoms. The van der Waals surface area contributed by atoms with E-state index in [-0.39, 0.29) is 12.2 Å². The van der Waals surface area contributed by atoms with E-state index in [2.05, 4.69) is 4.99 Å². The molecule has 6 nitrogen and oxygen atoms in total. The average molecular weight is 293 g/mol.